The Morgan fingerprint density at radius 3 is 2.91 bits per heavy atom. The molecule has 1 fully saturated rings. The van der Waals surface area contributed by atoms with Crippen molar-refractivity contribution in [1.82, 2.24) is 10.2 Å². The van der Waals surface area contributed by atoms with Crippen LogP contribution in [-0.4, -0.2) is 43.1 Å². The van der Waals surface area contributed by atoms with Gasteiger partial charge < -0.3 is 10.2 Å². The number of amides is 1. The molecule has 4 heteroatoms. The van der Waals surface area contributed by atoms with Crippen molar-refractivity contribution in [3.8, 4) is 0 Å². The van der Waals surface area contributed by atoms with Gasteiger partial charge in [0.15, 0.2) is 0 Å². The van der Waals surface area contributed by atoms with Gasteiger partial charge in [-0.25, -0.2) is 5.11 Å². The van der Waals surface area contributed by atoms with E-state index in [4.69, 9.17) is 0 Å². The lowest BCUT2D eigenvalue weighted by molar-refractivity contribution is -0.133. The summed E-state index contributed by atoms with van der Waals surface area (Å²) in [5, 5.41) is 13.6. The molecule has 1 N–H and O–H groups in total. The van der Waals surface area contributed by atoms with Gasteiger partial charge in [0.1, 0.15) is 6.61 Å². The van der Waals surface area contributed by atoms with Crippen LogP contribution >= 0.6 is 0 Å². The van der Waals surface area contributed by atoms with Crippen LogP contribution in [-0.2, 0) is 9.90 Å². The van der Waals surface area contributed by atoms with Crippen LogP contribution in [0.1, 0.15) is 6.92 Å². The first-order valence-corrected chi connectivity index (χ1v) is 3.81. The van der Waals surface area contributed by atoms with Crippen molar-refractivity contribution in [2.24, 2.45) is 0 Å². The minimum Gasteiger partial charge on any atom is -0.335 e. The highest BCUT2D eigenvalue weighted by Gasteiger charge is 2.23. The number of nitrogens with one attached hydrogen (secondary N) is 1. The van der Waals surface area contributed by atoms with Gasteiger partial charge in [-0.05, 0) is 0 Å². The maximum atomic E-state index is 10.9. The third-order valence-electron chi connectivity index (χ3n) is 1.95. The summed E-state index contributed by atoms with van der Waals surface area (Å²) in [6.45, 7) is 3.42. The average molecular weight is 157 g/mol. The summed E-state index contributed by atoms with van der Waals surface area (Å²) in [5.74, 6) is 0.00681. The second-order valence-corrected chi connectivity index (χ2v) is 2.74. The molecule has 1 unspecified atom stereocenters. The van der Waals surface area contributed by atoms with E-state index in [-0.39, 0.29) is 18.6 Å². The van der Waals surface area contributed by atoms with Gasteiger partial charge in [-0.15, -0.1) is 0 Å². The van der Waals surface area contributed by atoms with Crippen molar-refractivity contribution in [3.05, 3.63) is 0 Å². The third kappa shape index (κ3) is 1.91. The quantitative estimate of drug-likeness (QED) is 0.544. The summed E-state index contributed by atoms with van der Waals surface area (Å²) < 4.78 is 0. The van der Waals surface area contributed by atoms with E-state index in [2.05, 4.69) is 5.32 Å². The third-order valence-corrected chi connectivity index (χ3v) is 1.95. The summed E-state index contributed by atoms with van der Waals surface area (Å²) in [6, 6.07) is -0.138. The minimum atomic E-state index is -0.202. The van der Waals surface area contributed by atoms with Gasteiger partial charge in [0, 0.05) is 26.6 Å². The molecule has 0 saturated carbocycles. The molecular formula is C7H13N2O2. The molecule has 1 radical (unpaired) electrons. The largest absolute Gasteiger partial charge is 0.335 e. The Balaban J connectivity index is 2.51. The van der Waals surface area contributed by atoms with Gasteiger partial charge in [0.2, 0.25) is 5.91 Å². The highest BCUT2D eigenvalue weighted by Crippen LogP contribution is 2.02. The zero-order chi connectivity index (χ0) is 8.27. The summed E-state index contributed by atoms with van der Waals surface area (Å²) in [6.07, 6.45) is 0. The molecule has 0 spiro atoms. The number of carbonyl (C=O) groups is 1. The van der Waals surface area contributed by atoms with Crippen LogP contribution in [0.2, 0.25) is 0 Å². The minimum absolute atomic E-state index is 0.00681. The molecule has 1 heterocycles. The number of piperazine rings is 1. The second-order valence-electron chi connectivity index (χ2n) is 2.74. The normalized spacial score (nSPS) is 25.3. The number of nitrogens with zero attached hydrogens (tertiary/aromatic N) is 1. The predicted octanol–water partition coefficient (Wildman–Crippen LogP) is -0.763. The molecule has 0 bridgehead atoms. The molecule has 1 aliphatic rings. The molecule has 0 aromatic carbocycles. The second kappa shape index (κ2) is 3.69. The van der Waals surface area contributed by atoms with Crippen LogP contribution in [0, 0.1) is 0 Å². The van der Waals surface area contributed by atoms with Gasteiger partial charge >= 0.3 is 0 Å². The van der Waals surface area contributed by atoms with E-state index in [1.165, 1.54) is 6.92 Å². The number of rotatable bonds is 1. The topological polar surface area (TPSA) is 52.2 Å². The van der Waals surface area contributed by atoms with E-state index in [9.17, 15) is 9.90 Å². The van der Waals surface area contributed by atoms with E-state index >= 15 is 0 Å². The first kappa shape index (κ1) is 8.49. The fraction of sp³-hybridized carbons (Fsp3) is 0.857. The molecule has 1 amide bonds. The zero-order valence-corrected chi connectivity index (χ0v) is 6.67. The lowest BCUT2D eigenvalue weighted by Gasteiger charge is -2.33. The molecular weight excluding hydrogens is 144 g/mol. The Kier molecular flexibility index (Phi) is 2.84. The molecule has 1 aliphatic heterocycles. The van der Waals surface area contributed by atoms with Crippen molar-refractivity contribution < 1.29 is 9.90 Å². The molecule has 0 aliphatic carbocycles. The van der Waals surface area contributed by atoms with Gasteiger partial charge in [0.25, 0.3) is 0 Å². The lowest BCUT2D eigenvalue weighted by atomic mass is 10.2. The first-order valence-electron chi connectivity index (χ1n) is 3.81. The van der Waals surface area contributed by atoms with Gasteiger partial charge in [-0.3, -0.25) is 4.79 Å². The summed E-state index contributed by atoms with van der Waals surface area (Å²) in [4.78, 5) is 12.6. The highest BCUT2D eigenvalue weighted by atomic mass is 16.3. The van der Waals surface area contributed by atoms with Crippen LogP contribution in [0.25, 0.3) is 0 Å². The number of hydrogen-bond donors (Lipinski definition) is 1. The average Bonchev–Trinajstić information content (AvgIpc) is 2.04. The Labute approximate surface area is 66.2 Å². The fourth-order valence-electron chi connectivity index (χ4n) is 1.32. The van der Waals surface area contributed by atoms with Crippen molar-refractivity contribution >= 4 is 5.91 Å². The molecule has 0 aromatic heterocycles. The Bertz CT molecular complexity index is 149. The van der Waals surface area contributed by atoms with Crippen molar-refractivity contribution in [3.63, 3.8) is 0 Å². The van der Waals surface area contributed by atoms with Crippen LogP contribution in [0.3, 0.4) is 0 Å². The fourth-order valence-corrected chi connectivity index (χ4v) is 1.32. The maximum absolute atomic E-state index is 10.9. The van der Waals surface area contributed by atoms with Crippen LogP contribution in [0.15, 0.2) is 0 Å². The van der Waals surface area contributed by atoms with E-state index in [1.54, 1.807) is 4.90 Å². The van der Waals surface area contributed by atoms with Crippen molar-refractivity contribution in [1.29, 1.82) is 0 Å². The molecule has 11 heavy (non-hydrogen) atoms. The first-order chi connectivity index (χ1) is 5.25. The Morgan fingerprint density at radius 2 is 2.45 bits per heavy atom. The molecule has 4 nitrogen and oxygen atoms in total. The SMILES string of the molecule is CC(=O)N1CCNCC1C[O]. The lowest BCUT2D eigenvalue weighted by Crippen LogP contribution is -2.54. The molecule has 1 rings (SSSR count). The van der Waals surface area contributed by atoms with Gasteiger partial charge in [0.05, 0.1) is 6.04 Å². The smallest absolute Gasteiger partial charge is 0.219 e. The van der Waals surface area contributed by atoms with Crippen molar-refractivity contribution in [2.75, 3.05) is 26.2 Å². The van der Waals surface area contributed by atoms with E-state index < -0.39 is 0 Å². The van der Waals surface area contributed by atoms with Gasteiger partial charge in [-0.2, -0.15) is 0 Å². The standard InChI is InChI=1S/C7H13N2O2/c1-6(11)9-3-2-8-4-7(9)5-10/h7-8H,2-5H2,1H3. The van der Waals surface area contributed by atoms with Crippen molar-refractivity contribution in [2.45, 2.75) is 13.0 Å². The summed E-state index contributed by atoms with van der Waals surface area (Å²) in [5.41, 5.74) is 0. The van der Waals surface area contributed by atoms with Gasteiger partial charge in [-0.1, -0.05) is 0 Å². The zero-order valence-electron chi connectivity index (χ0n) is 6.67. The number of carbonyl (C=O) groups excluding carboxylic acids is 1. The molecule has 63 valence electrons. The van der Waals surface area contributed by atoms with E-state index in [0.717, 1.165) is 6.54 Å². The summed E-state index contributed by atoms with van der Waals surface area (Å²) >= 11 is 0. The van der Waals surface area contributed by atoms with Crippen LogP contribution in [0.4, 0.5) is 0 Å². The Hall–Kier alpha value is -0.610. The predicted molar refractivity (Wildman–Crippen MR) is 39.6 cm³/mol. The van der Waals surface area contributed by atoms with Crippen LogP contribution < -0.4 is 5.32 Å². The van der Waals surface area contributed by atoms with E-state index in [1.807, 2.05) is 0 Å². The molecule has 0 aromatic rings. The number of hydrogen-bond acceptors (Lipinski definition) is 2. The Morgan fingerprint density at radius 1 is 1.73 bits per heavy atom. The maximum Gasteiger partial charge on any atom is 0.219 e. The molecule has 1 atom stereocenters. The van der Waals surface area contributed by atoms with E-state index in [0.29, 0.717) is 13.1 Å². The summed E-state index contributed by atoms with van der Waals surface area (Å²) in [7, 11) is 0. The highest BCUT2D eigenvalue weighted by molar-refractivity contribution is 5.73. The van der Waals surface area contributed by atoms with Crippen LogP contribution in [0.5, 0.6) is 0 Å². The molecule has 1 saturated heterocycles. The monoisotopic (exact) mass is 157 g/mol.